The first kappa shape index (κ1) is 13.0. The van der Waals surface area contributed by atoms with Gasteiger partial charge >= 0.3 is 0 Å². The number of hydrogen-bond donors (Lipinski definition) is 0. The zero-order valence-corrected chi connectivity index (χ0v) is 12.7. The van der Waals surface area contributed by atoms with Crippen molar-refractivity contribution in [1.29, 1.82) is 0 Å². The highest BCUT2D eigenvalue weighted by atomic mass is 15.3. The molecule has 6 nitrogen and oxygen atoms in total. The topological polar surface area (TPSA) is 51.8 Å². The van der Waals surface area contributed by atoms with Crippen molar-refractivity contribution in [3.05, 3.63) is 29.6 Å². The predicted molar refractivity (Wildman–Crippen MR) is 78.6 cm³/mol. The highest BCUT2D eigenvalue weighted by Gasteiger charge is 2.33. The maximum absolute atomic E-state index is 4.48. The van der Waals surface area contributed by atoms with E-state index in [9.17, 15) is 0 Å². The van der Waals surface area contributed by atoms with E-state index in [1.165, 1.54) is 36.9 Å². The first-order valence-electron chi connectivity index (χ1n) is 7.82. The normalized spacial score (nSPS) is 23.0. The van der Waals surface area contributed by atoms with Crippen LogP contribution in [0.15, 0.2) is 12.5 Å². The van der Waals surface area contributed by atoms with Gasteiger partial charge in [0, 0.05) is 37.8 Å². The SMILES string of the molecule is Cn1cnnc1C1CCCN1Cc1cnn(C)c1C1CC1. The first-order chi connectivity index (χ1) is 10.2. The maximum atomic E-state index is 4.48. The number of aryl methyl sites for hydroxylation is 2. The van der Waals surface area contributed by atoms with Crippen LogP contribution in [0.1, 0.15) is 54.7 Å². The van der Waals surface area contributed by atoms with Crippen LogP contribution in [0.5, 0.6) is 0 Å². The Morgan fingerprint density at radius 2 is 2.10 bits per heavy atom. The Morgan fingerprint density at radius 3 is 2.81 bits per heavy atom. The lowest BCUT2D eigenvalue weighted by molar-refractivity contribution is 0.235. The van der Waals surface area contributed by atoms with E-state index in [1.54, 1.807) is 6.33 Å². The number of aromatic nitrogens is 5. The molecular formula is C15H22N6. The second kappa shape index (κ2) is 4.94. The Kier molecular flexibility index (Phi) is 3.06. The lowest BCUT2D eigenvalue weighted by Crippen LogP contribution is -2.25. The van der Waals surface area contributed by atoms with E-state index in [0.29, 0.717) is 6.04 Å². The Balaban J connectivity index is 1.58. The molecule has 0 bridgehead atoms. The van der Waals surface area contributed by atoms with Gasteiger partial charge in [-0.05, 0) is 32.2 Å². The molecule has 0 aromatic carbocycles. The minimum absolute atomic E-state index is 0.393. The lowest BCUT2D eigenvalue weighted by Gasteiger charge is -2.23. The van der Waals surface area contributed by atoms with Crippen LogP contribution in [0.3, 0.4) is 0 Å². The van der Waals surface area contributed by atoms with Gasteiger partial charge in [-0.2, -0.15) is 5.10 Å². The van der Waals surface area contributed by atoms with Crippen molar-refractivity contribution in [1.82, 2.24) is 29.4 Å². The van der Waals surface area contributed by atoms with Crippen LogP contribution in [0.25, 0.3) is 0 Å². The fourth-order valence-corrected chi connectivity index (χ4v) is 3.62. The Bertz CT molecular complexity index is 638. The van der Waals surface area contributed by atoms with Crippen molar-refractivity contribution < 1.29 is 0 Å². The molecule has 21 heavy (non-hydrogen) atoms. The van der Waals surface area contributed by atoms with Crippen LogP contribution < -0.4 is 0 Å². The maximum Gasteiger partial charge on any atom is 0.149 e. The molecule has 1 aliphatic heterocycles. The fourth-order valence-electron chi connectivity index (χ4n) is 3.62. The van der Waals surface area contributed by atoms with Crippen LogP contribution >= 0.6 is 0 Å². The minimum Gasteiger partial charge on any atom is -0.319 e. The van der Waals surface area contributed by atoms with Crippen molar-refractivity contribution >= 4 is 0 Å². The third-order valence-corrected chi connectivity index (χ3v) is 4.81. The number of hydrogen-bond acceptors (Lipinski definition) is 4. The van der Waals surface area contributed by atoms with Crippen LogP contribution in [-0.4, -0.2) is 36.0 Å². The van der Waals surface area contributed by atoms with Gasteiger partial charge in [-0.1, -0.05) is 0 Å². The molecule has 1 unspecified atom stereocenters. The predicted octanol–water partition coefficient (Wildman–Crippen LogP) is 1.76. The van der Waals surface area contributed by atoms with E-state index in [-0.39, 0.29) is 0 Å². The molecule has 0 amide bonds. The molecule has 2 aromatic heterocycles. The van der Waals surface area contributed by atoms with Gasteiger partial charge in [0.1, 0.15) is 12.2 Å². The molecule has 0 spiro atoms. The van der Waals surface area contributed by atoms with E-state index >= 15 is 0 Å². The molecule has 1 saturated carbocycles. The van der Waals surface area contributed by atoms with Crippen molar-refractivity contribution in [3.63, 3.8) is 0 Å². The summed E-state index contributed by atoms with van der Waals surface area (Å²) < 4.78 is 4.12. The second-order valence-corrected chi connectivity index (χ2v) is 6.38. The smallest absolute Gasteiger partial charge is 0.149 e. The van der Waals surface area contributed by atoms with Gasteiger partial charge in [0.25, 0.3) is 0 Å². The highest BCUT2D eigenvalue weighted by molar-refractivity contribution is 5.25. The minimum atomic E-state index is 0.393. The number of nitrogens with zero attached hydrogens (tertiary/aromatic N) is 6. The zero-order valence-electron chi connectivity index (χ0n) is 12.7. The highest BCUT2D eigenvalue weighted by Crippen LogP contribution is 2.42. The van der Waals surface area contributed by atoms with Gasteiger partial charge in [0.05, 0.1) is 12.2 Å². The average Bonchev–Trinajstić information content (AvgIpc) is 2.87. The van der Waals surface area contributed by atoms with Gasteiger partial charge < -0.3 is 4.57 Å². The molecule has 1 aliphatic carbocycles. The molecule has 1 atom stereocenters. The van der Waals surface area contributed by atoms with E-state index in [2.05, 4.69) is 38.1 Å². The van der Waals surface area contributed by atoms with Crippen molar-refractivity contribution in [2.75, 3.05) is 6.54 Å². The summed E-state index contributed by atoms with van der Waals surface area (Å²) >= 11 is 0. The number of rotatable bonds is 4. The summed E-state index contributed by atoms with van der Waals surface area (Å²) in [6.45, 7) is 2.12. The van der Waals surface area contributed by atoms with Crippen molar-refractivity contribution in [2.24, 2.45) is 14.1 Å². The zero-order chi connectivity index (χ0) is 14.4. The monoisotopic (exact) mass is 286 g/mol. The van der Waals surface area contributed by atoms with E-state index in [1.807, 2.05) is 11.6 Å². The molecular weight excluding hydrogens is 264 g/mol. The van der Waals surface area contributed by atoms with Crippen LogP contribution in [0.2, 0.25) is 0 Å². The molecule has 2 fully saturated rings. The summed E-state index contributed by atoms with van der Waals surface area (Å²) in [6.07, 6.45) is 8.89. The quantitative estimate of drug-likeness (QED) is 0.859. The second-order valence-electron chi connectivity index (χ2n) is 6.38. The molecule has 0 radical (unpaired) electrons. The molecule has 112 valence electrons. The Morgan fingerprint density at radius 1 is 1.24 bits per heavy atom. The van der Waals surface area contributed by atoms with Crippen molar-refractivity contribution in [3.8, 4) is 0 Å². The molecule has 2 aromatic rings. The number of likely N-dealkylation sites (tertiary alicyclic amines) is 1. The van der Waals surface area contributed by atoms with Gasteiger partial charge in [-0.15, -0.1) is 10.2 Å². The summed E-state index contributed by atoms with van der Waals surface area (Å²) in [5.74, 6) is 1.83. The largest absolute Gasteiger partial charge is 0.319 e. The Hall–Kier alpha value is -1.69. The molecule has 2 aliphatic rings. The molecule has 6 heteroatoms. The summed E-state index contributed by atoms with van der Waals surface area (Å²) in [5, 5.41) is 12.8. The first-order valence-corrected chi connectivity index (χ1v) is 7.82. The van der Waals surface area contributed by atoms with E-state index in [0.717, 1.165) is 24.8 Å². The van der Waals surface area contributed by atoms with Gasteiger partial charge in [0.15, 0.2) is 0 Å². The Labute approximate surface area is 124 Å². The van der Waals surface area contributed by atoms with Crippen LogP contribution in [-0.2, 0) is 20.6 Å². The van der Waals surface area contributed by atoms with Gasteiger partial charge in [-0.25, -0.2) is 0 Å². The van der Waals surface area contributed by atoms with Crippen LogP contribution in [0.4, 0.5) is 0 Å². The summed E-state index contributed by atoms with van der Waals surface area (Å²) in [4.78, 5) is 2.53. The van der Waals surface area contributed by atoms with Crippen LogP contribution in [0, 0.1) is 0 Å². The molecule has 3 heterocycles. The van der Waals surface area contributed by atoms with Gasteiger partial charge in [0.2, 0.25) is 0 Å². The lowest BCUT2D eigenvalue weighted by atomic mass is 10.1. The summed E-state index contributed by atoms with van der Waals surface area (Å²) in [5.41, 5.74) is 2.84. The van der Waals surface area contributed by atoms with E-state index in [4.69, 9.17) is 0 Å². The molecule has 0 N–H and O–H groups in total. The standard InChI is InChI=1S/C15H22N6/c1-19-10-16-18-15(19)13-4-3-7-21(13)9-12-8-17-20(2)14(12)11-5-6-11/h8,10-11,13H,3-7,9H2,1-2H3. The van der Waals surface area contributed by atoms with Gasteiger partial charge in [-0.3, -0.25) is 9.58 Å². The third kappa shape index (κ3) is 2.27. The molecule has 4 rings (SSSR count). The van der Waals surface area contributed by atoms with E-state index < -0.39 is 0 Å². The van der Waals surface area contributed by atoms with Crippen molar-refractivity contribution in [2.45, 2.75) is 44.2 Å². The average molecular weight is 286 g/mol. The molecule has 1 saturated heterocycles. The fraction of sp³-hybridized carbons (Fsp3) is 0.667. The summed E-state index contributed by atoms with van der Waals surface area (Å²) in [6, 6.07) is 0.393. The summed E-state index contributed by atoms with van der Waals surface area (Å²) in [7, 11) is 4.10. The third-order valence-electron chi connectivity index (χ3n) is 4.81.